The highest BCUT2D eigenvalue weighted by molar-refractivity contribution is 7.87. The molecule has 0 N–H and O–H groups in total. The van der Waals surface area contributed by atoms with Crippen LogP contribution in [0.2, 0.25) is 0 Å². The van der Waals surface area contributed by atoms with Crippen molar-refractivity contribution in [3.8, 4) is 17.2 Å². The smallest absolute Gasteiger partial charge is 0.339 e. The fourth-order valence-electron chi connectivity index (χ4n) is 2.23. The number of Topliss-reactive ketones (excluding diaryl/α,β-unsaturated/α-hetero) is 1. The fraction of sp³-hybridized carbons (Fsp3) is 0.0500. The SMILES string of the molecule is CC(=O)c1cccc(S(=O)(=O)Oc2ccc(Oc3ccccc3)cc2)c1. The molecule has 0 aliphatic heterocycles. The number of carbonyl (C=O) groups is 1. The van der Waals surface area contributed by atoms with Crippen molar-refractivity contribution in [3.63, 3.8) is 0 Å². The third-order valence-electron chi connectivity index (χ3n) is 3.54. The van der Waals surface area contributed by atoms with Gasteiger partial charge in [0.25, 0.3) is 0 Å². The van der Waals surface area contributed by atoms with E-state index in [0.29, 0.717) is 17.1 Å². The monoisotopic (exact) mass is 368 g/mol. The van der Waals surface area contributed by atoms with Crippen molar-refractivity contribution in [1.82, 2.24) is 0 Å². The molecule has 0 fully saturated rings. The van der Waals surface area contributed by atoms with E-state index in [2.05, 4.69) is 0 Å². The van der Waals surface area contributed by atoms with Gasteiger partial charge in [-0.1, -0.05) is 30.3 Å². The highest BCUT2D eigenvalue weighted by Crippen LogP contribution is 2.25. The van der Waals surface area contributed by atoms with Gasteiger partial charge in [-0.05, 0) is 55.5 Å². The van der Waals surface area contributed by atoms with E-state index in [-0.39, 0.29) is 16.4 Å². The van der Waals surface area contributed by atoms with Crippen LogP contribution in [-0.2, 0) is 10.1 Å². The first-order chi connectivity index (χ1) is 12.4. The van der Waals surface area contributed by atoms with Crippen molar-refractivity contribution in [3.05, 3.63) is 84.4 Å². The number of para-hydroxylation sites is 1. The molecule has 6 heteroatoms. The lowest BCUT2D eigenvalue weighted by molar-refractivity contribution is 0.101. The van der Waals surface area contributed by atoms with Gasteiger partial charge in [0.05, 0.1) is 0 Å². The Labute approximate surface area is 151 Å². The van der Waals surface area contributed by atoms with E-state index in [9.17, 15) is 13.2 Å². The maximum Gasteiger partial charge on any atom is 0.339 e. The number of hydrogen-bond acceptors (Lipinski definition) is 5. The van der Waals surface area contributed by atoms with E-state index in [1.54, 1.807) is 18.2 Å². The Balaban J connectivity index is 1.76. The third-order valence-corrected chi connectivity index (χ3v) is 4.78. The second kappa shape index (κ2) is 7.41. The van der Waals surface area contributed by atoms with Gasteiger partial charge < -0.3 is 8.92 Å². The van der Waals surface area contributed by atoms with Gasteiger partial charge in [-0.25, -0.2) is 0 Å². The van der Waals surface area contributed by atoms with Crippen molar-refractivity contribution in [2.75, 3.05) is 0 Å². The second-order valence-electron chi connectivity index (χ2n) is 5.51. The topological polar surface area (TPSA) is 69.7 Å². The van der Waals surface area contributed by atoms with Gasteiger partial charge in [-0.2, -0.15) is 8.42 Å². The minimum Gasteiger partial charge on any atom is -0.457 e. The van der Waals surface area contributed by atoms with Gasteiger partial charge >= 0.3 is 10.1 Å². The summed E-state index contributed by atoms with van der Waals surface area (Å²) in [6.45, 7) is 1.37. The molecule has 0 heterocycles. The fourth-order valence-corrected chi connectivity index (χ4v) is 3.21. The molecule has 0 saturated carbocycles. The van der Waals surface area contributed by atoms with E-state index in [0.717, 1.165) is 0 Å². The van der Waals surface area contributed by atoms with Crippen molar-refractivity contribution >= 4 is 15.9 Å². The zero-order valence-corrected chi connectivity index (χ0v) is 14.8. The number of benzene rings is 3. The molecule has 0 atom stereocenters. The maximum atomic E-state index is 12.4. The zero-order valence-electron chi connectivity index (χ0n) is 14.0. The van der Waals surface area contributed by atoms with Crippen LogP contribution in [0.25, 0.3) is 0 Å². The summed E-state index contributed by atoms with van der Waals surface area (Å²) in [5, 5.41) is 0. The first-order valence-corrected chi connectivity index (χ1v) is 9.23. The van der Waals surface area contributed by atoms with E-state index in [4.69, 9.17) is 8.92 Å². The molecular weight excluding hydrogens is 352 g/mol. The van der Waals surface area contributed by atoms with Gasteiger partial charge in [0.1, 0.15) is 22.1 Å². The molecule has 0 aliphatic carbocycles. The second-order valence-corrected chi connectivity index (χ2v) is 7.05. The summed E-state index contributed by atoms with van der Waals surface area (Å²) in [4.78, 5) is 11.3. The van der Waals surface area contributed by atoms with Crippen LogP contribution in [0.5, 0.6) is 17.2 Å². The summed E-state index contributed by atoms with van der Waals surface area (Å²) in [6, 6.07) is 21.2. The Hall–Kier alpha value is -3.12. The summed E-state index contributed by atoms with van der Waals surface area (Å²) < 4.78 is 35.6. The zero-order chi connectivity index (χ0) is 18.6. The Bertz CT molecular complexity index is 1010. The first-order valence-electron chi connectivity index (χ1n) is 7.82. The number of rotatable bonds is 6. The number of ether oxygens (including phenoxy) is 1. The predicted octanol–water partition coefficient (Wildman–Crippen LogP) is 4.45. The van der Waals surface area contributed by atoms with Crippen molar-refractivity contribution in [2.24, 2.45) is 0 Å². The molecule has 0 spiro atoms. The third kappa shape index (κ3) is 4.29. The van der Waals surface area contributed by atoms with E-state index >= 15 is 0 Å². The van der Waals surface area contributed by atoms with Gasteiger partial charge in [0.15, 0.2) is 5.78 Å². The lowest BCUT2D eigenvalue weighted by Crippen LogP contribution is -2.10. The number of carbonyl (C=O) groups excluding carboxylic acids is 1. The Morgan fingerprint density at radius 3 is 2.04 bits per heavy atom. The highest BCUT2D eigenvalue weighted by Gasteiger charge is 2.18. The summed E-state index contributed by atoms with van der Waals surface area (Å²) in [5.74, 6) is 1.16. The van der Waals surface area contributed by atoms with Crippen molar-refractivity contribution in [1.29, 1.82) is 0 Å². The highest BCUT2D eigenvalue weighted by atomic mass is 32.2. The minimum atomic E-state index is -4.03. The molecule has 3 aromatic rings. The molecule has 3 aromatic carbocycles. The van der Waals surface area contributed by atoms with E-state index in [1.807, 2.05) is 30.3 Å². The number of ketones is 1. The molecular formula is C20H16O5S. The van der Waals surface area contributed by atoms with Gasteiger partial charge in [-0.3, -0.25) is 4.79 Å². The predicted molar refractivity (Wildman–Crippen MR) is 97.2 cm³/mol. The van der Waals surface area contributed by atoms with Crippen LogP contribution in [0.4, 0.5) is 0 Å². The molecule has 0 radical (unpaired) electrons. The van der Waals surface area contributed by atoms with Crippen LogP contribution in [-0.4, -0.2) is 14.2 Å². The van der Waals surface area contributed by atoms with Gasteiger partial charge in [-0.15, -0.1) is 0 Å². The van der Waals surface area contributed by atoms with Crippen molar-refractivity contribution < 1.29 is 22.1 Å². The first kappa shape index (κ1) is 17.7. The van der Waals surface area contributed by atoms with Crippen LogP contribution in [0.15, 0.2) is 83.8 Å². The summed E-state index contributed by atoms with van der Waals surface area (Å²) in [5.41, 5.74) is 0.307. The molecule has 26 heavy (non-hydrogen) atoms. The molecule has 0 amide bonds. The lowest BCUT2D eigenvalue weighted by Gasteiger charge is -2.09. The standard InChI is InChI=1S/C20H16O5S/c1-15(21)16-6-5-9-20(14-16)26(22,23)25-19-12-10-18(11-13-19)24-17-7-3-2-4-8-17/h2-14H,1H3. The van der Waals surface area contributed by atoms with Crippen molar-refractivity contribution in [2.45, 2.75) is 11.8 Å². The van der Waals surface area contributed by atoms with Crippen LogP contribution in [0, 0.1) is 0 Å². The summed E-state index contributed by atoms with van der Waals surface area (Å²) in [6.07, 6.45) is 0. The molecule has 0 bridgehead atoms. The van der Waals surface area contributed by atoms with Crippen LogP contribution in [0.1, 0.15) is 17.3 Å². The Kier molecular flexibility index (Phi) is 5.04. The molecule has 0 aromatic heterocycles. The largest absolute Gasteiger partial charge is 0.457 e. The molecule has 0 aliphatic rings. The normalized spacial score (nSPS) is 11.0. The van der Waals surface area contributed by atoms with E-state index < -0.39 is 10.1 Å². The van der Waals surface area contributed by atoms with Gasteiger partial charge in [0.2, 0.25) is 0 Å². The quantitative estimate of drug-likeness (QED) is 0.475. The van der Waals surface area contributed by atoms with Crippen LogP contribution < -0.4 is 8.92 Å². The Morgan fingerprint density at radius 1 is 0.769 bits per heavy atom. The minimum absolute atomic E-state index is 0.0742. The lowest BCUT2D eigenvalue weighted by atomic mass is 10.2. The molecule has 3 rings (SSSR count). The molecule has 5 nitrogen and oxygen atoms in total. The summed E-state index contributed by atoms with van der Waals surface area (Å²) >= 11 is 0. The van der Waals surface area contributed by atoms with E-state index in [1.165, 1.54) is 37.3 Å². The number of hydrogen-bond donors (Lipinski definition) is 0. The molecule has 132 valence electrons. The average molecular weight is 368 g/mol. The molecule has 0 unspecified atom stereocenters. The summed E-state index contributed by atoms with van der Waals surface area (Å²) in [7, 11) is -4.03. The average Bonchev–Trinajstić information content (AvgIpc) is 2.64. The van der Waals surface area contributed by atoms with Crippen LogP contribution in [0.3, 0.4) is 0 Å². The van der Waals surface area contributed by atoms with Gasteiger partial charge in [0, 0.05) is 5.56 Å². The molecule has 0 saturated heterocycles. The van der Waals surface area contributed by atoms with Crippen LogP contribution >= 0.6 is 0 Å². The maximum absolute atomic E-state index is 12.4. The Morgan fingerprint density at radius 2 is 1.38 bits per heavy atom.